The number of ether oxygens (including phenoxy) is 2. The van der Waals surface area contributed by atoms with Crippen molar-refractivity contribution in [1.29, 1.82) is 0 Å². The number of fused-ring (bicyclic) bond motifs is 6. The first-order chi connectivity index (χ1) is 22.4. The van der Waals surface area contributed by atoms with Crippen LogP contribution in [-0.2, 0) is 11.3 Å². The van der Waals surface area contributed by atoms with Crippen LogP contribution >= 0.6 is 0 Å². The van der Waals surface area contributed by atoms with Crippen molar-refractivity contribution in [3.05, 3.63) is 47.5 Å². The Kier molecular flexibility index (Phi) is 6.63. The van der Waals surface area contributed by atoms with Gasteiger partial charge in [-0.1, -0.05) is 12.0 Å². The first kappa shape index (κ1) is 28.3. The molecule has 4 atom stereocenters. The van der Waals surface area contributed by atoms with Crippen molar-refractivity contribution in [2.24, 2.45) is 5.41 Å². The Morgan fingerprint density at radius 3 is 2.61 bits per heavy atom. The number of benzene rings is 2. The van der Waals surface area contributed by atoms with E-state index < -0.39 is 5.82 Å². The van der Waals surface area contributed by atoms with Gasteiger partial charge in [0.05, 0.1) is 38.3 Å². The van der Waals surface area contributed by atoms with E-state index in [4.69, 9.17) is 30.8 Å². The summed E-state index contributed by atoms with van der Waals surface area (Å²) in [4.78, 5) is 19.8. The Balaban J connectivity index is 1.07. The smallest absolute Gasteiger partial charge is 0.247 e. The van der Waals surface area contributed by atoms with Gasteiger partial charge in [-0.25, -0.2) is 9.37 Å². The van der Waals surface area contributed by atoms with Gasteiger partial charge in [-0.15, -0.1) is 6.42 Å². The van der Waals surface area contributed by atoms with Crippen molar-refractivity contribution in [3.8, 4) is 24.0 Å². The third kappa shape index (κ3) is 4.86. The number of phenolic OH excluding ortho intramolecular Hbond substituents is 1. The van der Waals surface area contributed by atoms with Gasteiger partial charge in [0, 0.05) is 54.6 Å². The van der Waals surface area contributed by atoms with E-state index >= 15 is 0 Å². The van der Waals surface area contributed by atoms with Crippen LogP contribution in [0.5, 0.6) is 11.6 Å². The summed E-state index contributed by atoms with van der Waals surface area (Å²) in [7, 11) is 0. The minimum absolute atomic E-state index is 0.0839. The minimum Gasteiger partial charge on any atom is -0.508 e. The predicted molar refractivity (Wildman–Crippen MR) is 172 cm³/mol. The lowest BCUT2D eigenvalue weighted by Gasteiger charge is -2.37. The molecule has 4 bridgehead atoms. The van der Waals surface area contributed by atoms with Gasteiger partial charge >= 0.3 is 0 Å². The number of nitrogens with zero attached hydrogens (tertiary/aromatic N) is 6. The van der Waals surface area contributed by atoms with Gasteiger partial charge in [-0.05, 0) is 67.7 Å². The van der Waals surface area contributed by atoms with Crippen LogP contribution in [0.2, 0.25) is 0 Å². The molecule has 0 spiro atoms. The quantitative estimate of drug-likeness (QED) is 0.284. The van der Waals surface area contributed by atoms with Gasteiger partial charge in [0.15, 0.2) is 11.2 Å². The van der Waals surface area contributed by atoms with Gasteiger partial charge in [0.25, 0.3) is 0 Å². The van der Waals surface area contributed by atoms with Crippen LogP contribution in [0.1, 0.15) is 49.7 Å². The van der Waals surface area contributed by atoms with Crippen LogP contribution in [0.3, 0.4) is 0 Å². The molecule has 4 saturated heterocycles. The molecule has 1 saturated carbocycles. The maximum absolute atomic E-state index is 14.8. The SMILES string of the molecule is C#Cc1c(F)ccc2cc(O)cc(Cn3cnc4c(OCC5(CN6C7CCC6COC7)CC5)nc(N5C[C@H]6CC[C@@H](C5)N6)nc43)c12. The van der Waals surface area contributed by atoms with Crippen molar-refractivity contribution in [3.63, 3.8) is 0 Å². The predicted octanol–water partition coefficient (Wildman–Crippen LogP) is 3.82. The van der Waals surface area contributed by atoms with Crippen LogP contribution in [-0.4, -0.2) is 93.1 Å². The molecule has 46 heavy (non-hydrogen) atoms. The summed E-state index contributed by atoms with van der Waals surface area (Å²) in [5.74, 6) is 3.26. The Morgan fingerprint density at radius 2 is 1.87 bits per heavy atom. The first-order valence-electron chi connectivity index (χ1n) is 16.6. The number of piperazine rings is 1. The Labute approximate surface area is 266 Å². The topological polar surface area (TPSA) is 101 Å². The van der Waals surface area contributed by atoms with Gasteiger partial charge < -0.3 is 29.4 Å². The zero-order chi connectivity index (χ0) is 31.0. The minimum atomic E-state index is -0.467. The number of phenols is 1. The second-order valence-corrected chi connectivity index (χ2v) is 14.1. The molecule has 5 aliphatic rings. The van der Waals surface area contributed by atoms with E-state index in [0.29, 0.717) is 70.1 Å². The largest absolute Gasteiger partial charge is 0.508 e. The highest BCUT2D eigenvalue weighted by molar-refractivity contribution is 5.92. The molecule has 5 fully saturated rings. The molecule has 9 rings (SSSR count). The van der Waals surface area contributed by atoms with E-state index in [0.717, 1.165) is 58.5 Å². The normalized spacial score (nSPS) is 26.6. The lowest BCUT2D eigenvalue weighted by atomic mass is 9.98. The van der Waals surface area contributed by atoms with E-state index in [2.05, 4.69) is 21.0 Å². The van der Waals surface area contributed by atoms with Crippen molar-refractivity contribution in [2.45, 2.75) is 69.2 Å². The number of aromatic hydroxyl groups is 1. The first-order valence-corrected chi connectivity index (χ1v) is 16.6. The molecule has 4 aromatic rings. The molecule has 4 aliphatic heterocycles. The van der Waals surface area contributed by atoms with Gasteiger partial charge in [-0.3, -0.25) is 4.90 Å². The molecular weight excluding hydrogens is 585 g/mol. The number of morpholine rings is 1. The molecule has 6 heterocycles. The fourth-order valence-electron chi connectivity index (χ4n) is 8.29. The number of imidazole rings is 1. The highest BCUT2D eigenvalue weighted by Crippen LogP contribution is 2.49. The zero-order valence-electron chi connectivity index (χ0n) is 25.8. The van der Waals surface area contributed by atoms with Crippen molar-refractivity contribution in [1.82, 2.24) is 29.7 Å². The third-order valence-corrected chi connectivity index (χ3v) is 10.9. The fraction of sp³-hybridized carbons (Fsp3) is 0.514. The number of hydrogen-bond donors (Lipinski definition) is 2. The highest BCUT2D eigenvalue weighted by Gasteiger charge is 2.49. The average molecular weight is 624 g/mol. The van der Waals surface area contributed by atoms with E-state index in [1.165, 1.54) is 18.9 Å². The van der Waals surface area contributed by atoms with E-state index in [-0.39, 0.29) is 23.3 Å². The molecule has 2 unspecified atom stereocenters. The lowest BCUT2D eigenvalue weighted by molar-refractivity contribution is -0.0270. The molecule has 0 amide bonds. The van der Waals surface area contributed by atoms with Crippen LogP contribution < -0.4 is 15.0 Å². The average Bonchev–Trinajstić information content (AvgIpc) is 3.51. The third-order valence-electron chi connectivity index (χ3n) is 10.9. The lowest BCUT2D eigenvalue weighted by Crippen LogP contribution is -2.51. The van der Waals surface area contributed by atoms with Crippen LogP contribution in [0.25, 0.3) is 21.9 Å². The van der Waals surface area contributed by atoms with Crippen LogP contribution in [0.15, 0.2) is 30.6 Å². The molecule has 1 aliphatic carbocycles. The fourth-order valence-corrected chi connectivity index (χ4v) is 8.29. The number of hydrogen-bond acceptors (Lipinski definition) is 9. The second kappa shape index (κ2) is 10.8. The Bertz CT molecular complexity index is 1860. The summed E-state index contributed by atoms with van der Waals surface area (Å²) in [5, 5.41) is 15.5. The Hall–Kier alpha value is -3.98. The molecule has 238 valence electrons. The number of nitrogens with one attached hydrogen (secondary N) is 1. The second-order valence-electron chi connectivity index (χ2n) is 14.1. The van der Waals surface area contributed by atoms with Crippen molar-refractivity contribution < 1.29 is 19.0 Å². The van der Waals surface area contributed by atoms with Gasteiger partial charge in [-0.2, -0.15) is 9.97 Å². The van der Waals surface area contributed by atoms with E-state index in [9.17, 15) is 9.50 Å². The van der Waals surface area contributed by atoms with Gasteiger partial charge in [0.2, 0.25) is 11.8 Å². The monoisotopic (exact) mass is 623 g/mol. The van der Waals surface area contributed by atoms with Crippen LogP contribution in [0, 0.1) is 23.6 Å². The van der Waals surface area contributed by atoms with Gasteiger partial charge in [0.1, 0.15) is 11.6 Å². The molecular formula is C35H38FN7O3. The molecule has 2 aromatic carbocycles. The van der Waals surface area contributed by atoms with E-state index in [1.54, 1.807) is 24.5 Å². The molecule has 11 heteroatoms. The number of rotatable bonds is 8. The maximum atomic E-state index is 14.8. The van der Waals surface area contributed by atoms with Crippen LogP contribution in [0.4, 0.5) is 10.3 Å². The molecule has 2 N–H and O–H groups in total. The summed E-state index contributed by atoms with van der Waals surface area (Å²) >= 11 is 0. The zero-order valence-corrected chi connectivity index (χ0v) is 25.8. The number of terminal acetylenes is 1. The van der Waals surface area contributed by atoms with Crippen molar-refractivity contribution >= 4 is 27.9 Å². The molecule has 10 nitrogen and oxygen atoms in total. The number of halogens is 1. The summed E-state index contributed by atoms with van der Waals surface area (Å²) in [6, 6.07) is 8.09. The summed E-state index contributed by atoms with van der Waals surface area (Å²) in [6.45, 7) is 5.22. The summed E-state index contributed by atoms with van der Waals surface area (Å²) < 4.78 is 29.2. The van der Waals surface area contributed by atoms with Crippen molar-refractivity contribution in [2.75, 3.05) is 44.4 Å². The molecule has 2 aromatic heterocycles. The maximum Gasteiger partial charge on any atom is 0.247 e. The van der Waals surface area contributed by atoms with E-state index in [1.807, 2.05) is 4.57 Å². The summed E-state index contributed by atoms with van der Waals surface area (Å²) in [6.07, 6.45) is 14.5. The number of anilines is 1. The molecule has 0 radical (unpaired) electrons. The highest BCUT2D eigenvalue weighted by atomic mass is 19.1. The standard InChI is InChI=1S/C35H38FN7O3/c1-2-28-29(36)8-3-21-11-27(44)12-22(30(21)28)13-42-20-37-31-32(42)39-34(41-14-23-4-5-24(15-41)38-23)40-33(31)46-19-35(9-10-35)18-43-25-6-7-26(43)17-45-16-25/h1,3,8,11-12,20,23-26,38,44H,4-7,9-10,13-19H2/t23-,24+,25?,26?. The Morgan fingerprint density at radius 1 is 1.09 bits per heavy atom. The summed E-state index contributed by atoms with van der Waals surface area (Å²) in [5.41, 5.74) is 2.20. The number of aromatic nitrogens is 4.